The molecule has 0 aliphatic carbocycles. The van der Waals surface area contributed by atoms with Crippen LogP contribution in [0.25, 0.3) is 0 Å². The van der Waals surface area contributed by atoms with Gasteiger partial charge in [0.05, 0.1) is 18.7 Å². The van der Waals surface area contributed by atoms with Gasteiger partial charge in [0.1, 0.15) is 5.75 Å². The van der Waals surface area contributed by atoms with E-state index >= 15 is 0 Å². The number of hydrogen-bond donors (Lipinski definition) is 0. The van der Waals surface area contributed by atoms with Crippen LogP contribution < -0.4 is 14.5 Å². The standard InChI is InChI=1S/C27H26N2O3/c1-32-25-14-8-7-13-24(25)29-18-20(17-26(29)30)27(31)28-16-15-21(19-9-3-2-4-10-19)22-11-5-6-12-23(22)28/h2-14,20-21H,15-18H2,1H3. The van der Waals surface area contributed by atoms with Gasteiger partial charge < -0.3 is 14.5 Å². The average Bonchev–Trinajstić information content (AvgIpc) is 3.24. The van der Waals surface area contributed by atoms with Crippen LogP contribution in [0.1, 0.15) is 29.9 Å². The van der Waals surface area contributed by atoms with Crippen LogP contribution in [0.2, 0.25) is 0 Å². The normalized spacial score (nSPS) is 20.2. The van der Waals surface area contributed by atoms with Gasteiger partial charge in [0.15, 0.2) is 0 Å². The molecule has 0 spiro atoms. The summed E-state index contributed by atoms with van der Waals surface area (Å²) in [5.74, 6) is 0.526. The average molecular weight is 427 g/mol. The second kappa shape index (κ2) is 8.50. The summed E-state index contributed by atoms with van der Waals surface area (Å²) >= 11 is 0. The molecular weight excluding hydrogens is 400 g/mol. The summed E-state index contributed by atoms with van der Waals surface area (Å²) < 4.78 is 5.43. The summed E-state index contributed by atoms with van der Waals surface area (Å²) in [5.41, 5.74) is 4.12. The molecule has 2 atom stereocenters. The number of nitrogens with zero attached hydrogens (tertiary/aromatic N) is 2. The number of amides is 2. The Bertz CT molecular complexity index is 1140. The van der Waals surface area contributed by atoms with Crippen LogP contribution in [0.5, 0.6) is 5.75 Å². The second-order valence-electron chi connectivity index (χ2n) is 8.38. The third kappa shape index (κ3) is 3.54. The fourth-order valence-electron chi connectivity index (χ4n) is 5.00. The molecule has 2 aliphatic heterocycles. The highest BCUT2D eigenvalue weighted by atomic mass is 16.5. The van der Waals surface area contributed by atoms with Gasteiger partial charge in [-0.05, 0) is 35.7 Å². The monoisotopic (exact) mass is 426 g/mol. The molecule has 3 aromatic carbocycles. The number of hydrogen-bond acceptors (Lipinski definition) is 3. The highest BCUT2D eigenvalue weighted by Gasteiger charge is 2.40. The van der Waals surface area contributed by atoms with E-state index in [4.69, 9.17) is 4.74 Å². The van der Waals surface area contributed by atoms with E-state index in [0.717, 1.165) is 17.8 Å². The summed E-state index contributed by atoms with van der Waals surface area (Å²) in [6.45, 7) is 1.02. The van der Waals surface area contributed by atoms with Gasteiger partial charge in [-0.25, -0.2) is 0 Å². The molecule has 0 N–H and O–H groups in total. The maximum Gasteiger partial charge on any atom is 0.232 e. The van der Waals surface area contributed by atoms with Gasteiger partial charge in [-0.15, -0.1) is 0 Å². The maximum atomic E-state index is 13.6. The molecule has 0 saturated carbocycles. The lowest BCUT2D eigenvalue weighted by molar-refractivity contribution is -0.124. The predicted molar refractivity (Wildman–Crippen MR) is 125 cm³/mol. The third-order valence-corrected chi connectivity index (χ3v) is 6.56. The molecular formula is C27H26N2O3. The first-order valence-electron chi connectivity index (χ1n) is 11.1. The molecule has 1 saturated heterocycles. The highest BCUT2D eigenvalue weighted by Crippen LogP contribution is 2.41. The highest BCUT2D eigenvalue weighted by molar-refractivity contribution is 6.05. The maximum absolute atomic E-state index is 13.6. The molecule has 5 heteroatoms. The molecule has 162 valence electrons. The Labute approximate surface area is 188 Å². The zero-order valence-corrected chi connectivity index (χ0v) is 18.1. The van der Waals surface area contributed by atoms with Crippen molar-refractivity contribution in [3.63, 3.8) is 0 Å². The first-order valence-corrected chi connectivity index (χ1v) is 11.1. The third-order valence-electron chi connectivity index (χ3n) is 6.56. The van der Waals surface area contributed by atoms with E-state index in [1.54, 1.807) is 12.0 Å². The Morgan fingerprint density at radius 2 is 1.59 bits per heavy atom. The minimum atomic E-state index is -0.367. The lowest BCUT2D eigenvalue weighted by Crippen LogP contribution is -2.41. The van der Waals surface area contributed by atoms with E-state index in [1.807, 2.05) is 53.4 Å². The number of fused-ring (bicyclic) bond motifs is 1. The zero-order chi connectivity index (χ0) is 22.1. The molecule has 1 fully saturated rings. The fraction of sp³-hybridized carbons (Fsp3) is 0.259. The van der Waals surface area contributed by atoms with Crippen molar-refractivity contribution < 1.29 is 14.3 Å². The van der Waals surface area contributed by atoms with E-state index in [1.165, 1.54) is 11.1 Å². The van der Waals surface area contributed by atoms with Gasteiger partial charge in [0, 0.05) is 31.1 Å². The van der Waals surface area contributed by atoms with E-state index < -0.39 is 0 Å². The topological polar surface area (TPSA) is 49.9 Å². The number of carbonyl (C=O) groups is 2. The molecule has 0 radical (unpaired) electrons. The number of para-hydroxylation sites is 3. The summed E-state index contributed by atoms with van der Waals surface area (Å²) in [6.07, 6.45) is 1.08. The van der Waals surface area contributed by atoms with Crippen LogP contribution in [0.4, 0.5) is 11.4 Å². The van der Waals surface area contributed by atoms with Crippen molar-refractivity contribution in [3.8, 4) is 5.75 Å². The molecule has 5 nitrogen and oxygen atoms in total. The van der Waals surface area contributed by atoms with Crippen molar-refractivity contribution in [3.05, 3.63) is 90.0 Å². The van der Waals surface area contributed by atoms with Crippen molar-refractivity contribution in [2.24, 2.45) is 5.92 Å². The van der Waals surface area contributed by atoms with Crippen LogP contribution >= 0.6 is 0 Å². The Morgan fingerprint density at radius 1 is 0.906 bits per heavy atom. The van der Waals surface area contributed by atoms with Gasteiger partial charge in [-0.3, -0.25) is 9.59 Å². The van der Waals surface area contributed by atoms with Crippen LogP contribution in [-0.2, 0) is 9.59 Å². The van der Waals surface area contributed by atoms with Crippen LogP contribution in [0.15, 0.2) is 78.9 Å². The van der Waals surface area contributed by atoms with Crippen molar-refractivity contribution in [2.45, 2.75) is 18.8 Å². The fourth-order valence-corrected chi connectivity index (χ4v) is 5.00. The van der Waals surface area contributed by atoms with Gasteiger partial charge in [-0.1, -0.05) is 60.7 Å². The SMILES string of the molecule is COc1ccccc1N1CC(C(=O)N2CCC(c3ccccc3)c3ccccc32)CC1=O. The van der Waals surface area contributed by atoms with Gasteiger partial charge in [-0.2, -0.15) is 0 Å². The van der Waals surface area contributed by atoms with E-state index in [-0.39, 0.29) is 30.1 Å². The largest absolute Gasteiger partial charge is 0.495 e. The molecule has 2 amide bonds. The Kier molecular flexibility index (Phi) is 5.39. The number of anilines is 2. The first kappa shape index (κ1) is 20.3. The van der Waals surface area contributed by atoms with Crippen molar-refractivity contribution in [1.82, 2.24) is 0 Å². The minimum absolute atomic E-state index is 0.0229. The summed E-state index contributed by atoms with van der Waals surface area (Å²) in [5, 5.41) is 0. The quantitative estimate of drug-likeness (QED) is 0.612. The molecule has 0 bridgehead atoms. The predicted octanol–water partition coefficient (Wildman–Crippen LogP) is 4.62. The lowest BCUT2D eigenvalue weighted by atomic mass is 9.84. The smallest absolute Gasteiger partial charge is 0.232 e. The number of rotatable bonds is 4. The molecule has 3 aromatic rings. The Balaban J connectivity index is 1.41. The zero-order valence-electron chi connectivity index (χ0n) is 18.1. The second-order valence-corrected chi connectivity index (χ2v) is 8.38. The number of ether oxygens (including phenoxy) is 1. The number of benzene rings is 3. The molecule has 5 rings (SSSR count). The Morgan fingerprint density at radius 3 is 2.38 bits per heavy atom. The molecule has 2 aliphatic rings. The number of methoxy groups -OCH3 is 1. The van der Waals surface area contributed by atoms with Crippen molar-refractivity contribution in [1.29, 1.82) is 0 Å². The molecule has 2 unspecified atom stereocenters. The molecule has 2 heterocycles. The van der Waals surface area contributed by atoms with Crippen molar-refractivity contribution in [2.75, 3.05) is 30.0 Å². The minimum Gasteiger partial charge on any atom is -0.495 e. The number of carbonyl (C=O) groups excluding carboxylic acids is 2. The summed E-state index contributed by atoms with van der Waals surface area (Å²) in [7, 11) is 1.59. The van der Waals surface area contributed by atoms with Gasteiger partial charge in [0.2, 0.25) is 11.8 Å². The molecule has 0 aromatic heterocycles. The molecule has 32 heavy (non-hydrogen) atoms. The Hall–Kier alpha value is -3.60. The summed E-state index contributed by atoms with van der Waals surface area (Å²) in [4.78, 5) is 30.0. The summed E-state index contributed by atoms with van der Waals surface area (Å²) in [6, 6.07) is 26.1. The van der Waals surface area contributed by atoms with Crippen molar-refractivity contribution >= 4 is 23.2 Å². The van der Waals surface area contributed by atoms with Gasteiger partial charge in [0.25, 0.3) is 0 Å². The van der Waals surface area contributed by atoms with Gasteiger partial charge >= 0.3 is 0 Å². The van der Waals surface area contributed by atoms with E-state index in [2.05, 4.69) is 30.3 Å². The first-order chi connectivity index (χ1) is 15.7. The van der Waals surface area contributed by atoms with Crippen LogP contribution in [0, 0.1) is 5.92 Å². The van der Waals surface area contributed by atoms with Crippen LogP contribution in [0.3, 0.4) is 0 Å². The lowest BCUT2D eigenvalue weighted by Gasteiger charge is -2.36. The van der Waals surface area contributed by atoms with E-state index in [9.17, 15) is 9.59 Å². The van der Waals surface area contributed by atoms with Crippen LogP contribution in [-0.4, -0.2) is 32.0 Å². The van der Waals surface area contributed by atoms with E-state index in [0.29, 0.717) is 18.8 Å².